The number of benzene rings is 1. The molecular weight excluding hydrogens is 244 g/mol. The molecule has 0 aromatic heterocycles. The maximum atomic E-state index is 11.7. The molecule has 0 aliphatic heterocycles. The van der Waals surface area contributed by atoms with E-state index >= 15 is 0 Å². The third-order valence-electron chi connectivity index (χ3n) is 2.38. The molecule has 0 spiro atoms. The predicted octanol–water partition coefficient (Wildman–Crippen LogP) is -0.0560. The summed E-state index contributed by atoms with van der Waals surface area (Å²) in [6, 6.07) is 5.08. The van der Waals surface area contributed by atoms with Gasteiger partial charge in [-0.2, -0.15) is 0 Å². The molecule has 5 heteroatoms. The van der Waals surface area contributed by atoms with Crippen molar-refractivity contribution < 1.29 is 14.7 Å². The van der Waals surface area contributed by atoms with E-state index < -0.39 is 5.91 Å². The molecule has 0 aliphatic carbocycles. The predicted molar refractivity (Wildman–Crippen MR) is 71.3 cm³/mol. The molecule has 19 heavy (non-hydrogen) atoms. The average Bonchev–Trinajstić information content (AvgIpc) is 2.38. The van der Waals surface area contributed by atoms with Gasteiger partial charge in [0.25, 0.3) is 5.91 Å². The highest BCUT2D eigenvalue weighted by Crippen LogP contribution is 2.10. The van der Waals surface area contributed by atoms with Gasteiger partial charge in [-0.05, 0) is 24.6 Å². The number of hydrogen-bond donors (Lipinski definition) is 3. The fraction of sp³-hybridized carbons (Fsp3) is 0.286. The summed E-state index contributed by atoms with van der Waals surface area (Å²) in [4.78, 5) is 22.3. The standard InChI is InChI=1S/C14H16N2O3/c1-10-5-6-12(14(19)16-9-13(15)18)8-11(10)4-2-3-7-17/h5-6,8,17H,3,7,9H2,1H3,(H2,15,18)(H,16,19). The van der Waals surface area contributed by atoms with Crippen molar-refractivity contribution in [2.24, 2.45) is 5.73 Å². The third kappa shape index (κ3) is 4.82. The van der Waals surface area contributed by atoms with Gasteiger partial charge in [0.1, 0.15) is 0 Å². The number of nitrogens with one attached hydrogen (secondary N) is 1. The van der Waals surface area contributed by atoms with Crippen LogP contribution in [0.3, 0.4) is 0 Å². The minimum Gasteiger partial charge on any atom is -0.395 e. The van der Waals surface area contributed by atoms with Crippen molar-refractivity contribution in [1.29, 1.82) is 0 Å². The molecule has 2 amide bonds. The Hall–Kier alpha value is -2.32. The van der Waals surface area contributed by atoms with E-state index in [0.29, 0.717) is 12.0 Å². The van der Waals surface area contributed by atoms with Crippen molar-refractivity contribution in [3.05, 3.63) is 34.9 Å². The molecule has 0 unspecified atom stereocenters. The lowest BCUT2D eigenvalue weighted by Gasteiger charge is -2.05. The number of rotatable bonds is 4. The Morgan fingerprint density at radius 2 is 2.16 bits per heavy atom. The van der Waals surface area contributed by atoms with Crippen LogP contribution in [-0.2, 0) is 4.79 Å². The van der Waals surface area contributed by atoms with E-state index in [-0.39, 0.29) is 19.1 Å². The molecule has 0 saturated carbocycles. The van der Waals surface area contributed by atoms with Gasteiger partial charge >= 0.3 is 0 Å². The van der Waals surface area contributed by atoms with Crippen molar-refractivity contribution in [2.45, 2.75) is 13.3 Å². The van der Waals surface area contributed by atoms with Crippen molar-refractivity contribution in [3.8, 4) is 11.8 Å². The van der Waals surface area contributed by atoms with Gasteiger partial charge in [0.2, 0.25) is 5.91 Å². The topological polar surface area (TPSA) is 92.4 Å². The zero-order valence-electron chi connectivity index (χ0n) is 10.7. The van der Waals surface area contributed by atoms with Crippen molar-refractivity contribution in [1.82, 2.24) is 5.32 Å². The first-order chi connectivity index (χ1) is 9.04. The van der Waals surface area contributed by atoms with E-state index in [1.54, 1.807) is 18.2 Å². The maximum absolute atomic E-state index is 11.7. The lowest BCUT2D eigenvalue weighted by Crippen LogP contribution is -2.33. The smallest absolute Gasteiger partial charge is 0.251 e. The highest BCUT2D eigenvalue weighted by Gasteiger charge is 2.07. The van der Waals surface area contributed by atoms with E-state index in [9.17, 15) is 9.59 Å². The van der Waals surface area contributed by atoms with Crippen LogP contribution in [0, 0.1) is 18.8 Å². The summed E-state index contributed by atoms with van der Waals surface area (Å²) >= 11 is 0. The zero-order chi connectivity index (χ0) is 14.3. The quantitative estimate of drug-likeness (QED) is 0.662. The minimum atomic E-state index is -0.594. The molecule has 0 atom stereocenters. The fourth-order valence-electron chi connectivity index (χ4n) is 1.38. The Kier molecular flexibility index (Phi) is 5.58. The fourth-order valence-corrected chi connectivity index (χ4v) is 1.38. The van der Waals surface area contributed by atoms with Crippen LogP contribution in [0.1, 0.15) is 27.9 Å². The lowest BCUT2D eigenvalue weighted by atomic mass is 10.0. The van der Waals surface area contributed by atoms with E-state index in [2.05, 4.69) is 17.2 Å². The van der Waals surface area contributed by atoms with Crippen LogP contribution in [0.5, 0.6) is 0 Å². The van der Waals surface area contributed by atoms with Crippen molar-refractivity contribution in [3.63, 3.8) is 0 Å². The highest BCUT2D eigenvalue weighted by atomic mass is 16.2. The second kappa shape index (κ2) is 7.19. The number of amides is 2. The van der Waals surface area contributed by atoms with Gasteiger partial charge < -0.3 is 16.2 Å². The second-order valence-corrected chi connectivity index (χ2v) is 3.95. The number of aliphatic hydroxyl groups excluding tert-OH is 1. The summed E-state index contributed by atoms with van der Waals surface area (Å²) in [5.41, 5.74) is 7.03. The Morgan fingerprint density at radius 1 is 1.42 bits per heavy atom. The molecule has 0 heterocycles. The number of nitrogens with two attached hydrogens (primary N) is 1. The molecule has 100 valence electrons. The van der Waals surface area contributed by atoms with Crippen LogP contribution in [0.2, 0.25) is 0 Å². The summed E-state index contributed by atoms with van der Waals surface area (Å²) in [7, 11) is 0. The van der Waals surface area contributed by atoms with Crippen LogP contribution in [0.15, 0.2) is 18.2 Å². The molecule has 1 rings (SSSR count). The van der Waals surface area contributed by atoms with Crippen LogP contribution in [0.25, 0.3) is 0 Å². The van der Waals surface area contributed by atoms with Crippen molar-refractivity contribution in [2.75, 3.05) is 13.2 Å². The molecule has 0 bridgehead atoms. The van der Waals surface area contributed by atoms with Gasteiger partial charge in [-0.3, -0.25) is 9.59 Å². The van der Waals surface area contributed by atoms with Gasteiger partial charge in [-0.1, -0.05) is 17.9 Å². The summed E-state index contributed by atoms with van der Waals surface area (Å²) in [6.07, 6.45) is 0.386. The second-order valence-electron chi connectivity index (χ2n) is 3.95. The van der Waals surface area contributed by atoms with Crippen LogP contribution in [-0.4, -0.2) is 30.1 Å². The largest absolute Gasteiger partial charge is 0.395 e. The number of aryl methyl sites for hydroxylation is 1. The monoisotopic (exact) mass is 260 g/mol. The molecule has 0 fully saturated rings. The van der Waals surface area contributed by atoms with Crippen LogP contribution in [0.4, 0.5) is 0 Å². The van der Waals surface area contributed by atoms with Crippen molar-refractivity contribution >= 4 is 11.8 Å². The molecule has 0 aliphatic rings. The average molecular weight is 260 g/mol. The van der Waals surface area contributed by atoms with Gasteiger partial charge in [0.05, 0.1) is 13.2 Å². The van der Waals surface area contributed by atoms with E-state index in [4.69, 9.17) is 10.8 Å². The number of primary amides is 1. The van der Waals surface area contributed by atoms with Gasteiger partial charge in [0.15, 0.2) is 0 Å². The minimum absolute atomic E-state index is 0.00480. The zero-order valence-corrected chi connectivity index (χ0v) is 10.7. The van der Waals surface area contributed by atoms with E-state index in [1.807, 2.05) is 6.92 Å². The van der Waals surface area contributed by atoms with Gasteiger partial charge in [0, 0.05) is 17.5 Å². The summed E-state index contributed by atoms with van der Waals surface area (Å²) in [6.45, 7) is 1.69. The Morgan fingerprint density at radius 3 is 2.79 bits per heavy atom. The first-order valence-electron chi connectivity index (χ1n) is 5.81. The lowest BCUT2D eigenvalue weighted by molar-refractivity contribution is -0.117. The SMILES string of the molecule is Cc1ccc(C(=O)NCC(N)=O)cc1C#CCCO. The molecule has 1 aromatic rings. The first-order valence-corrected chi connectivity index (χ1v) is 5.81. The first kappa shape index (κ1) is 14.7. The molecule has 4 N–H and O–H groups in total. The van der Waals surface area contributed by atoms with E-state index in [1.165, 1.54) is 0 Å². The Bertz CT molecular complexity index is 541. The van der Waals surface area contributed by atoms with E-state index in [0.717, 1.165) is 11.1 Å². The number of aliphatic hydroxyl groups is 1. The maximum Gasteiger partial charge on any atom is 0.251 e. The normalized spacial score (nSPS) is 9.37. The van der Waals surface area contributed by atoms with Gasteiger partial charge in [-0.25, -0.2) is 0 Å². The summed E-state index contributed by atoms with van der Waals surface area (Å²) in [5.74, 6) is 4.73. The Labute approximate surface area is 111 Å². The Balaban J connectivity index is 2.87. The number of carbonyl (C=O) groups is 2. The molecule has 0 radical (unpaired) electrons. The highest BCUT2D eigenvalue weighted by molar-refractivity contribution is 5.96. The summed E-state index contributed by atoms with van der Waals surface area (Å²) < 4.78 is 0. The molecular formula is C14H16N2O3. The van der Waals surface area contributed by atoms with Crippen LogP contribution < -0.4 is 11.1 Å². The molecule has 1 aromatic carbocycles. The number of hydrogen-bond acceptors (Lipinski definition) is 3. The van der Waals surface area contributed by atoms with Crippen LogP contribution >= 0.6 is 0 Å². The van der Waals surface area contributed by atoms with Gasteiger partial charge in [-0.15, -0.1) is 0 Å². The molecule has 5 nitrogen and oxygen atoms in total. The number of carbonyl (C=O) groups excluding carboxylic acids is 2. The third-order valence-corrected chi connectivity index (χ3v) is 2.38. The summed E-state index contributed by atoms with van der Waals surface area (Å²) in [5, 5.41) is 11.1. The molecule has 0 saturated heterocycles.